The van der Waals surface area contributed by atoms with Crippen LogP contribution in [0, 0.1) is 0 Å². The normalized spacial score (nSPS) is 13.8. The second kappa shape index (κ2) is 14.3. The van der Waals surface area contributed by atoms with Crippen LogP contribution in [0.2, 0.25) is 28.2 Å². The molecular formula is C31H46Cl2N2O5Si. The van der Waals surface area contributed by atoms with E-state index in [9.17, 15) is 9.59 Å². The summed E-state index contributed by atoms with van der Waals surface area (Å²) < 4.78 is 17.5. The van der Waals surface area contributed by atoms with Gasteiger partial charge in [0.1, 0.15) is 5.60 Å². The number of methoxy groups -OCH3 is 1. The van der Waals surface area contributed by atoms with Crippen molar-refractivity contribution < 1.29 is 23.5 Å². The van der Waals surface area contributed by atoms with Crippen LogP contribution >= 0.6 is 23.2 Å². The highest BCUT2D eigenvalue weighted by Crippen LogP contribution is 2.40. The quantitative estimate of drug-likeness (QED) is 0.199. The lowest BCUT2D eigenvalue weighted by Gasteiger charge is -2.41. The predicted octanol–water partition coefficient (Wildman–Crippen LogP) is 8.51. The lowest BCUT2D eigenvalue weighted by molar-refractivity contribution is -0.139. The zero-order valence-electron chi connectivity index (χ0n) is 26.1. The van der Waals surface area contributed by atoms with Crippen molar-refractivity contribution in [2.75, 3.05) is 25.5 Å². The molecule has 41 heavy (non-hydrogen) atoms. The lowest BCUT2D eigenvalue weighted by Crippen LogP contribution is -2.49. The first-order valence-electron chi connectivity index (χ1n) is 13.8. The molecule has 0 aliphatic rings. The Morgan fingerprint density at radius 2 is 1.68 bits per heavy atom. The van der Waals surface area contributed by atoms with Crippen LogP contribution in [0.25, 0.3) is 0 Å². The van der Waals surface area contributed by atoms with E-state index in [4.69, 9.17) is 37.1 Å². The Hall–Kier alpha value is -2.26. The minimum Gasteiger partial charge on any atom is -0.469 e. The van der Waals surface area contributed by atoms with Crippen molar-refractivity contribution in [3.05, 3.63) is 63.6 Å². The van der Waals surface area contributed by atoms with Crippen LogP contribution in [0.15, 0.2) is 42.5 Å². The third-order valence-corrected chi connectivity index (χ3v) is 12.3. The summed E-state index contributed by atoms with van der Waals surface area (Å²) in [6.45, 7) is 19.2. The van der Waals surface area contributed by atoms with Gasteiger partial charge < -0.3 is 24.1 Å². The van der Waals surface area contributed by atoms with E-state index < -0.39 is 26.1 Å². The predicted molar refractivity (Wildman–Crippen MR) is 171 cm³/mol. The molecule has 2 aromatic carbocycles. The maximum atomic E-state index is 13.6. The number of nitrogens with zero attached hydrogens (tertiary/aromatic N) is 1. The van der Waals surface area contributed by atoms with Gasteiger partial charge in [-0.2, -0.15) is 0 Å². The molecular weight excluding hydrogens is 579 g/mol. The van der Waals surface area contributed by atoms with Crippen molar-refractivity contribution in [2.45, 2.75) is 90.8 Å². The number of hydrogen-bond acceptors (Lipinski definition) is 6. The van der Waals surface area contributed by atoms with Crippen molar-refractivity contribution in [2.24, 2.45) is 0 Å². The molecule has 228 valence electrons. The van der Waals surface area contributed by atoms with Crippen molar-refractivity contribution in [3.63, 3.8) is 0 Å². The Kier molecular flexibility index (Phi) is 12.2. The average molecular weight is 626 g/mol. The van der Waals surface area contributed by atoms with Crippen LogP contribution in [0.1, 0.15) is 65.7 Å². The van der Waals surface area contributed by atoms with Crippen LogP contribution in [0.3, 0.4) is 0 Å². The van der Waals surface area contributed by atoms with Crippen LogP contribution in [0.4, 0.5) is 10.5 Å². The Morgan fingerprint density at radius 3 is 2.22 bits per heavy atom. The number of ether oxygens (including phenoxy) is 2. The minimum absolute atomic E-state index is 0.0347. The molecule has 1 N–H and O–H groups in total. The van der Waals surface area contributed by atoms with Gasteiger partial charge in [0.15, 0.2) is 8.32 Å². The Morgan fingerprint density at radius 1 is 1.02 bits per heavy atom. The highest BCUT2D eigenvalue weighted by atomic mass is 35.5. The van der Waals surface area contributed by atoms with Gasteiger partial charge in [-0.25, -0.2) is 4.79 Å². The molecule has 0 saturated carbocycles. The van der Waals surface area contributed by atoms with Gasteiger partial charge in [-0.3, -0.25) is 4.79 Å². The van der Waals surface area contributed by atoms with Crippen molar-refractivity contribution >= 4 is 49.3 Å². The summed E-state index contributed by atoms with van der Waals surface area (Å²) in [5.74, 6) is -0.358. The summed E-state index contributed by atoms with van der Waals surface area (Å²) in [4.78, 5) is 27.0. The molecule has 2 rings (SSSR count). The number of rotatable bonds is 11. The first kappa shape index (κ1) is 34.9. The zero-order valence-corrected chi connectivity index (χ0v) is 28.6. The lowest BCUT2D eigenvalue weighted by atomic mass is 10.1. The Bertz CT molecular complexity index is 1190. The molecule has 0 fully saturated rings. The number of esters is 1. The van der Waals surface area contributed by atoms with E-state index >= 15 is 0 Å². The molecule has 0 heterocycles. The molecule has 0 aliphatic heterocycles. The van der Waals surface area contributed by atoms with Crippen LogP contribution in [-0.2, 0) is 25.1 Å². The maximum Gasteiger partial charge on any atom is 0.410 e. The number of carbonyl (C=O) groups excluding carboxylic acids is 2. The molecule has 0 saturated heterocycles. The third kappa shape index (κ3) is 10.8. The Balaban J connectivity index is 2.36. The summed E-state index contributed by atoms with van der Waals surface area (Å²) in [5, 5.41) is 4.40. The van der Waals surface area contributed by atoms with Gasteiger partial charge in [0.2, 0.25) is 0 Å². The van der Waals surface area contributed by atoms with Crippen LogP contribution in [-0.4, -0.2) is 57.1 Å². The zero-order chi connectivity index (χ0) is 31.2. The van der Waals surface area contributed by atoms with Crippen molar-refractivity contribution in [1.82, 2.24) is 4.90 Å². The molecule has 2 aromatic rings. The van der Waals surface area contributed by atoms with E-state index in [1.165, 1.54) is 7.11 Å². The van der Waals surface area contributed by atoms with Gasteiger partial charge >= 0.3 is 12.1 Å². The molecule has 7 nitrogen and oxygen atoms in total. The maximum absolute atomic E-state index is 13.6. The van der Waals surface area contributed by atoms with Crippen molar-refractivity contribution in [1.29, 1.82) is 0 Å². The van der Waals surface area contributed by atoms with Crippen LogP contribution < -0.4 is 5.32 Å². The van der Waals surface area contributed by atoms with Crippen LogP contribution in [0.5, 0.6) is 0 Å². The summed E-state index contributed by atoms with van der Waals surface area (Å²) >= 11 is 12.8. The summed E-state index contributed by atoms with van der Waals surface area (Å²) in [7, 11) is -0.888. The molecule has 0 spiro atoms. The van der Waals surface area contributed by atoms with E-state index in [1.807, 2.05) is 58.0 Å². The van der Waals surface area contributed by atoms with Crippen molar-refractivity contribution in [3.8, 4) is 0 Å². The average Bonchev–Trinajstić information content (AvgIpc) is 2.84. The van der Waals surface area contributed by atoms with E-state index in [-0.39, 0.29) is 30.0 Å². The Labute approximate surface area is 257 Å². The first-order valence-corrected chi connectivity index (χ1v) is 17.5. The number of amides is 1. The summed E-state index contributed by atoms with van der Waals surface area (Å²) in [5.41, 5.74) is 1.68. The second-order valence-corrected chi connectivity index (χ2v) is 18.4. The third-order valence-electron chi connectivity index (χ3n) is 7.20. The smallest absolute Gasteiger partial charge is 0.410 e. The largest absolute Gasteiger partial charge is 0.469 e. The van der Waals surface area contributed by atoms with Gasteiger partial charge in [0.25, 0.3) is 0 Å². The van der Waals surface area contributed by atoms with Gasteiger partial charge in [0, 0.05) is 28.3 Å². The highest BCUT2D eigenvalue weighted by molar-refractivity contribution is 6.74. The van der Waals surface area contributed by atoms with E-state index in [1.54, 1.807) is 17.0 Å². The molecule has 0 radical (unpaired) electrons. The fourth-order valence-electron chi connectivity index (χ4n) is 3.79. The number of nitrogens with one attached hydrogen (secondary N) is 1. The summed E-state index contributed by atoms with van der Waals surface area (Å²) in [6, 6.07) is 12.7. The molecule has 0 aromatic heterocycles. The SMILES string of the molecule is COC(=O)Cc1ccc(NC[C@@H](C)N(C[C@H](O[Si](C)(C)C(C)(C)C)c2cccc(Cl)c2)C(=O)OC(C)(C)C)cc1Cl. The molecule has 2 atom stereocenters. The number of halogens is 2. The first-order chi connectivity index (χ1) is 18.8. The highest BCUT2D eigenvalue weighted by Gasteiger charge is 2.41. The van der Waals surface area contributed by atoms with Gasteiger partial charge in [-0.05, 0) is 81.2 Å². The standard InChI is InChI=1S/C31H46Cl2N2O5Si/c1-21(19-34-25-15-14-22(26(33)18-25)17-28(36)38-8)35(29(37)39-30(2,3)4)20-27(23-12-11-13-24(32)16-23)40-41(9,10)31(5,6)7/h11-16,18,21,27,34H,17,19-20H2,1-10H3/t21-,27+/m1/s1. The molecule has 0 unspecified atom stereocenters. The fourth-order valence-corrected chi connectivity index (χ4v) is 5.51. The molecule has 0 bridgehead atoms. The second-order valence-electron chi connectivity index (χ2n) is 12.8. The number of hydrogen-bond donors (Lipinski definition) is 1. The summed E-state index contributed by atoms with van der Waals surface area (Å²) in [6.07, 6.45) is -0.738. The van der Waals surface area contributed by atoms with Gasteiger partial charge in [-0.15, -0.1) is 0 Å². The number of benzene rings is 2. The van der Waals surface area contributed by atoms with E-state index in [0.717, 1.165) is 11.3 Å². The minimum atomic E-state index is -2.23. The molecule has 10 heteroatoms. The van der Waals surface area contributed by atoms with E-state index in [0.29, 0.717) is 22.2 Å². The number of carbonyl (C=O) groups is 2. The van der Waals surface area contributed by atoms with Gasteiger partial charge in [-0.1, -0.05) is 62.2 Å². The molecule has 1 amide bonds. The molecule has 0 aliphatic carbocycles. The number of anilines is 1. The van der Waals surface area contributed by atoms with Gasteiger partial charge in [0.05, 0.1) is 26.2 Å². The van der Waals surface area contributed by atoms with E-state index in [2.05, 4.69) is 39.2 Å². The monoisotopic (exact) mass is 624 g/mol. The fraction of sp³-hybridized carbons (Fsp3) is 0.548. The topological polar surface area (TPSA) is 77.1 Å².